The largest absolute Gasteiger partial charge is 0.494 e. The van der Waals surface area contributed by atoms with E-state index in [9.17, 15) is 14.0 Å². The Morgan fingerprint density at radius 2 is 1.93 bits per heavy atom. The molecule has 1 heterocycles. The number of ether oxygens (including phenoxy) is 1. The Hall–Kier alpha value is -3.06. The molecule has 1 aliphatic heterocycles. The lowest BCUT2D eigenvalue weighted by molar-refractivity contribution is -0.132. The third kappa shape index (κ3) is 5.73. The van der Waals surface area contributed by atoms with Crippen molar-refractivity contribution in [2.45, 2.75) is 0 Å². The van der Waals surface area contributed by atoms with Crippen LogP contribution in [0.3, 0.4) is 0 Å². The average Bonchev–Trinajstić information content (AvgIpc) is 2.76. The van der Waals surface area contributed by atoms with Crippen LogP contribution in [0.5, 0.6) is 5.75 Å². The highest BCUT2D eigenvalue weighted by molar-refractivity contribution is 6.30. The van der Waals surface area contributed by atoms with E-state index in [1.54, 1.807) is 11.0 Å². The molecule has 2 amide bonds. The Labute approximate surface area is 179 Å². The second-order valence-corrected chi connectivity index (χ2v) is 7.23. The van der Waals surface area contributed by atoms with Gasteiger partial charge < -0.3 is 19.9 Å². The van der Waals surface area contributed by atoms with Crippen LogP contribution in [0, 0.1) is 5.82 Å². The van der Waals surface area contributed by atoms with Gasteiger partial charge in [-0.25, -0.2) is 4.39 Å². The minimum atomic E-state index is -0.507. The third-order valence-corrected chi connectivity index (χ3v) is 5.06. The molecule has 1 N–H and O–H groups in total. The van der Waals surface area contributed by atoms with Gasteiger partial charge in [0.05, 0.1) is 13.7 Å². The van der Waals surface area contributed by atoms with Gasteiger partial charge in [-0.1, -0.05) is 23.7 Å². The normalized spacial score (nSPS) is 14.1. The van der Waals surface area contributed by atoms with Gasteiger partial charge in [-0.15, -0.1) is 0 Å². The van der Waals surface area contributed by atoms with Gasteiger partial charge in [0, 0.05) is 43.0 Å². The Morgan fingerprint density at radius 3 is 2.60 bits per heavy atom. The molecule has 0 saturated carbocycles. The lowest BCUT2D eigenvalue weighted by atomic mass is 10.2. The van der Waals surface area contributed by atoms with E-state index in [1.807, 2.05) is 24.3 Å². The number of hydrogen-bond acceptors (Lipinski definition) is 4. The molecule has 30 heavy (non-hydrogen) atoms. The van der Waals surface area contributed by atoms with Crippen molar-refractivity contribution in [1.82, 2.24) is 10.2 Å². The summed E-state index contributed by atoms with van der Waals surface area (Å²) in [4.78, 5) is 28.2. The quantitative estimate of drug-likeness (QED) is 0.714. The summed E-state index contributed by atoms with van der Waals surface area (Å²) in [6.07, 6.45) is 2.75. The van der Waals surface area contributed by atoms with Gasteiger partial charge >= 0.3 is 0 Å². The van der Waals surface area contributed by atoms with Gasteiger partial charge in [0.1, 0.15) is 0 Å². The number of nitrogens with one attached hydrogen (secondary N) is 1. The average molecular weight is 432 g/mol. The Balaban J connectivity index is 1.44. The first kappa shape index (κ1) is 21.6. The molecule has 158 valence electrons. The first-order chi connectivity index (χ1) is 14.5. The van der Waals surface area contributed by atoms with Gasteiger partial charge in [0.2, 0.25) is 11.8 Å². The van der Waals surface area contributed by atoms with Crippen molar-refractivity contribution in [2.75, 3.05) is 44.7 Å². The molecular weight excluding hydrogens is 409 g/mol. The van der Waals surface area contributed by atoms with E-state index >= 15 is 0 Å². The monoisotopic (exact) mass is 431 g/mol. The van der Waals surface area contributed by atoms with Crippen molar-refractivity contribution >= 4 is 35.2 Å². The molecule has 0 unspecified atom stereocenters. The number of nitrogens with zero attached hydrogens (tertiary/aromatic N) is 2. The van der Waals surface area contributed by atoms with Crippen LogP contribution in [0.1, 0.15) is 5.56 Å². The summed E-state index contributed by atoms with van der Waals surface area (Å²) < 4.78 is 18.5. The van der Waals surface area contributed by atoms with Crippen LogP contribution in [-0.2, 0) is 9.59 Å². The molecule has 1 saturated heterocycles. The van der Waals surface area contributed by atoms with E-state index in [0.717, 1.165) is 5.69 Å². The van der Waals surface area contributed by atoms with Gasteiger partial charge in [0.15, 0.2) is 11.6 Å². The molecule has 2 aromatic carbocycles. The topological polar surface area (TPSA) is 61.9 Å². The van der Waals surface area contributed by atoms with Crippen LogP contribution in [0.2, 0.25) is 5.02 Å². The Kier molecular flexibility index (Phi) is 7.30. The minimum Gasteiger partial charge on any atom is -0.494 e. The highest BCUT2D eigenvalue weighted by Gasteiger charge is 2.21. The summed E-state index contributed by atoms with van der Waals surface area (Å²) >= 11 is 6.04. The van der Waals surface area contributed by atoms with E-state index < -0.39 is 11.7 Å². The zero-order valence-corrected chi connectivity index (χ0v) is 17.4. The summed E-state index contributed by atoms with van der Waals surface area (Å²) in [6.45, 7) is 2.45. The lowest BCUT2D eigenvalue weighted by Crippen LogP contribution is -2.51. The molecule has 1 aliphatic rings. The van der Waals surface area contributed by atoms with Gasteiger partial charge in [-0.2, -0.15) is 0 Å². The fraction of sp³-hybridized carbons (Fsp3) is 0.273. The summed E-state index contributed by atoms with van der Waals surface area (Å²) in [5.41, 5.74) is 1.55. The van der Waals surface area contributed by atoms with Crippen LogP contribution in [0.15, 0.2) is 48.5 Å². The van der Waals surface area contributed by atoms with Gasteiger partial charge in [-0.3, -0.25) is 9.59 Å². The summed E-state index contributed by atoms with van der Waals surface area (Å²) in [5.74, 6) is -0.931. The molecule has 1 fully saturated rings. The first-order valence-electron chi connectivity index (χ1n) is 9.54. The maximum Gasteiger partial charge on any atom is 0.244 e. The van der Waals surface area contributed by atoms with Crippen molar-refractivity contribution in [2.24, 2.45) is 0 Å². The van der Waals surface area contributed by atoms with Crippen molar-refractivity contribution < 1.29 is 18.7 Å². The summed E-state index contributed by atoms with van der Waals surface area (Å²) in [6, 6.07) is 12.0. The highest BCUT2D eigenvalue weighted by Crippen LogP contribution is 2.21. The minimum absolute atomic E-state index is 0.0860. The number of rotatable bonds is 6. The van der Waals surface area contributed by atoms with E-state index in [2.05, 4.69) is 10.2 Å². The standard InChI is InChI=1S/C22H23ClFN3O3/c1-30-20-7-5-16(13-19(20)24)6-8-21(28)25-15-22(29)27-11-9-26(10-12-27)18-4-2-3-17(23)14-18/h2-8,13-14H,9-12,15H2,1H3,(H,25,28)/b8-6+. The molecule has 6 nitrogen and oxygen atoms in total. The fourth-order valence-corrected chi connectivity index (χ4v) is 3.36. The molecule has 0 radical (unpaired) electrons. The first-order valence-corrected chi connectivity index (χ1v) is 9.92. The molecule has 2 aromatic rings. The third-order valence-electron chi connectivity index (χ3n) is 4.82. The molecule has 8 heteroatoms. The Bertz CT molecular complexity index is 943. The van der Waals surface area contributed by atoms with Crippen LogP contribution in [0.4, 0.5) is 10.1 Å². The van der Waals surface area contributed by atoms with Crippen molar-refractivity contribution in [3.63, 3.8) is 0 Å². The Morgan fingerprint density at radius 1 is 1.17 bits per heavy atom. The molecule has 0 aromatic heterocycles. The number of carbonyl (C=O) groups excluding carboxylic acids is 2. The number of methoxy groups -OCH3 is 1. The number of carbonyl (C=O) groups is 2. The van der Waals surface area contributed by atoms with Crippen molar-refractivity contribution in [3.05, 3.63) is 64.9 Å². The maximum absolute atomic E-state index is 13.7. The lowest BCUT2D eigenvalue weighted by Gasteiger charge is -2.36. The van der Waals surface area contributed by atoms with Crippen LogP contribution in [-0.4, -0.2) is 56.5 Å². The predicted molar refractivity (Wildman–Crippen MR) is 115 cm³/mol. The number of halogens is 2. The zero-order valence-electron chi connectivity index (χ0n) is 16.6. The van der Waals surface area contributed by atoms with E-state index in [-0.39, 0.29) is 18.2 Å². The smallest absolute Gasteiger partial charge is 0.244 e. The number of benzene rings is 2. The zero-order chi connectivity index (χ0) is 21.5. The maximum atomic E-state index is 13.7. The predicted octanol–water partition coefficient (Wildman–Crippen LogP) is 2.97. The fourth-order valence-electron chi connectivity index (χ4n) is 3.18. The molecular formula is C22H23ClFN3O3. The summed E-state index contributed by atoms with van der Waals surface area (Å²) in [5, 5.41) is 3.25. The highest BCUT2D eigenvalue weighted by atomic mass is 35.5. The molecule has 0 aliphatic carbocycles. The molecule has 0 spiro atoms. The molecule has 0 bridgehead atoms. The van der Waals surface area contributed by atoms with E-state index in [0.29, 0.717) is 36.8 Å². The second-order valence-electron chi connectivity index (χ2n) is 6.79. The van der Waals surface area contributed by atoms with E-state index in [4.69, 9.17) is 16.3 Å². The number of amides is 2. The number of hydrogen-bond donors (Lipinski definition) is 1. The van der Waals surface area contributed by atoms with Crippen LogP contribution < -0.4 is 15.0 Å². The van der Waals surface area contributed by atoms with Crippen molar-refractivity contribution in [3.8, 4) is 5.75 Å². The van der Waals surface area contributed by atoms with Crippen LogP contribution >= 0.6 is 11.6 Å². The molecule has 3 rings (SSSR count). The number of piperazine rings is 1. The van der Waals surface area contributed by atoms with Gasteiger partial charge in [0.25, 0.3) is 0 Å². The van der Waals surface area contributed by atoms with Crippen molar-refractivity contribution in [1.29, 1.82) is 0 Å². The number of anilines is 1. The second kappa shape index (κ2) is 10.1. The molecule has 0 atom stereocenters. The summed E-state index contributed by atoms with van der Waals surface area (Å²) in [7, 11) is 1.38. The SMILES string of the molecule is COc1ccc(/C=C/C(=O)NCC(=O)N2CCN(c3cccc(Cl)c3)CC2)cc1F. The van der Waals surface area contributed by atoms with Crippen LogP contribution in [0.25, 0.3) is 6.08 Å². The van der Waals surface area contributed by atoms with Gasteiger partial charge in [-0.05, 0) is 42.0 Å². The van der Waals surface area contributed by atoms with E-state index in [1.165, 1.54) is 31.4 Å².